The Balaban J connectivity index is 1.44. The summed E-state index contributed by atoms with van der Waals surface area (Å²) in [6.07, 6.45) is 14.1. The van der Waals surface area contributed by atoms with E-state index >= 15 is 0 Å². The topological polar surface area (TPSA) is 62.6 Å². The van der Waals surface area contributed by atoms with Crippen LogP contribution >= 0.6 is 0 Å². The van der Waals surface area contributed by atoms with E-state index in [0.29, 0.717) is 11.5 Å². The smallest absolute Gasteiger partial charge is 0.160 e. The predicted molar refractivity (Wildman–Crippen MR) is 144 cm³/mol. The molecule has 2 aromatic carbocycles. The molecular weight excluding hydrogens is 484 g/mol. The van der Waals surface area contributed by atoms with Crippen LogP contribution in [0.3, 0.4) is 0 Å². The first-order chi connectivity index (χ1) is 18.6. The Hall–Kier alpha value is -3.91. The summed E-state index contributed by atoms with van der Waals surface area (Å²) in [5, 5.41) is 3.43. The third-order valence-corrected chi connectivity index (χ3v) is 7.52. The van der Waals surface area contributed by atoms with Gasteiger partial charge in [-0.2, -0.15) is 0 Å². The number of rotatable bonds is 5. The van der Waals surface area contributed by atoms with Crippen molar-refractivity contribution in [3.63, 3.8) is 0 Å². The van der Waals surface area contributed by atoms with E-state index in [2.05, 4.69) is 33.5 Å². The average molecular weight is 514 g/mol. The van der Waals surface area contributed by atoms with Crippen LogP contribution in [0.2, 0.25) is 0 Å². The number of hydrogen-bond donors (Lipinski definition) is 1. The van der Waals surface area contributed by atoms with Crippen LogP contribution < -0.4 is 10.2 Å². The number of allylic oxidation sites excluding steroid dienone is 2. The quantitative estimate of drug-likeness (QED) is 0.430. The first kappa shape index (κ1) is 24.4. The lowest BCUT2D eigenvalue weighted by molar-refractivity contribution is 0.0667. The Kier molecular flexibility index (Phi) is 6.72. The van der Waals surface area contributed by atoms with Gasteiger partial charge < -0.3 is 15.0 Å². The summed E-state index contributed by atoms with van der Waals surface area (Å²) >= 11 is 0. The molecule has 2 aliphatic carbocycles. The zero-order valence-electron chi connectivity index (χ0n) is 21.1. The van der Waals surface area contributed by atoms with Crippen molar-refractivity contribution in [1.82, 2.24) is 9.97 Å². The van der Waals surface area contributed by atoms with Gasteiger partial charge in [0.2, 0.25) is 0 Å². The molecule has 0 radical (unpaired) electrons. The van der Waals surface area contributed by atoms with E-state index in [1.165, 1.54) is 12.1 Å². The molecule has 1 atom stereocenters. The normalized spacial score (nSPS) is 23.8. The molecule has 3 aromatic rings. The molecule has 0 spiro atoms. The van der Waals surface area contributed by atoms with Crippen molar-refractivity contribution in [2.75, 3.05) is 17.3 Å². The summed E-state index contributed by atoms with van der Waals surface area (Å²) in [6, 6.07) is 12.3. The fourth-order valence-electron chi connectivity index (χ4n) is 5.60. The molecule has 0 saturated heterocycles. The monoisotopic (exact) mass is 513 g/mol. The summed E-state index contributed by atoms with van der Waals surface area (Å²) in [6.45, 7) is 0. The number of para-hydroxylation sites is 1. The lowest BCUT2D eigenvalue weighted by Crippen LogP contribution is -2.34. The zero-order chi connectivity index (χ0) is 26.1. The number of anilines is 3. The molecule has 2 heterocycles. The van der Waals surface area contributed by atoms with Crippen LogP contribution in [0, 0.1) is 17.6 Å². The molecule has 194 valence electrons. The van der Waals surface area contributed by atoms with Crippen molar-refractivity contribution in [3.05, 3.63) is 102 Å². The van der Waals surface area contributed by atoms with Crippen LogP contribution in [0.1, 0.15) is 31.2 Å². The van der Waals surface area contributed by atoms with Crippen molar-refractivity contribution in [3.8, 4) is 0 Å². The van der Waals surface area contributed by atoms with E-state index in [0.717, 1.165) is 60.5 Å². The summed E-state index contributed by atoms with van der Waals surface area (Å²) in [5.41, 5.74) is 5.33. The first-order valence-electron chi connectivity index (χ1n) is 13.0. The number of aromatic nitrogens is 2. The van der Waals surface area contributed by atoms with Crippen molar-refractivity contribution in [1.29, 1.82) is 0 Å². The molecule has 38 heavy (non-hydrogen) atoms. The maximum atomic E-state index is 14.4. The Morgan fingerprint density at radius 1 is 1.03 bits per heavy atom. The maximum Gasteiger partial charge on any atom is 0.160 e. The highest BCUT2D eigenvalue weighted by Gasteiger charge is 2.34. The van der Waals surface area contributed by atoms with Gasteiger partial charge in [0, 0.05) is 48.6 Å². The van der Waals surface area contributed by atoms with Crippen LogP contribution in [0.25, 0.3) is 0 Å². The average Bonchev–Trinajstić information content (AvgIpc) is 2.95. The second kappa shape index (κ2) is 10.5. The van der Waals surface area contributed by atoms with Gasteiger partial charge in [-0.1, -0.05) is 18.2 Å². The molecule has 0 amide bonds. The minimum atomic E-state index is -0.872. The van der Waals surface area contributed by atoms with E-state index < -0.39 is 11.6 Å². The molecule has 1 aliphatic heterocycles. The van der Waals surface area contributed by atoms with E-state index in [9.17, 15) is 8.78 Å². The van der Waals surface area contributed by atoms with E-state index in [1.54, 1.807) is 31.8 Å². The van der Waals surface area contributed by atoms with Crippen molar-refractivity contribution < 1.29 is 13.5 Å². The number of nitrogens with zero attached hydrogens (tertiary/aromatic N) is 4. The Labute approximate surface area is 220 Å². The van der Waals surface area contributed by atoms with E-state index in [1.807, 2.05) is 23.1 Å². The summed E-state index contributed by atoms with van der Waals surface area (Å²) in [5.74, 6) is -1.10. The van der Waals surface area contributed by atoms with Crippen LogP contribution in [-0.2, 0) is 11.2 Å². The molecule has 6 nitrogen and oxygen atoms in total. The SMILES string of the molecule is COC1CCC(N=C2C=C3C(C=C2Nc2cnccn2)Cc2ccccc2N3c2ccc(F)c(F)c2)CC1. The number of benzene rings is 2. The van der Waals surface area contributed by atoms with Gasteiger partial charge in [0.15, 0.2) is 11.6 Å². The number of hydrogen-bond acceptors (Lipinski definition) is 6. The lowest BCUT2D eigenvalue weighted by atomic mass is 9.84. The van der Waals surface area contributed by atoms with Gasteiger partial charge in [0.25, 0.3) is 0 Å². The van der Waals surface area contributed by atoms with Gasteiger partial charge in [0.1, 0.15) is 5.82 Å². The minimum Gasteiger partial charge on any atom is -0.381 e. The van der Waals surface area contributed by atoms with Crippen LogP contribution in [0.15, 0.2) is 89.6 Å². The third kappa shape index (κ3) is 4.84. The second-order valence-electron chi connectivity index (χ2n) is 9.92. The van der Waals surface area contributed by atoms with Crippen LogP contribution in [-0.4, -0.2) is 34.9 Å². The minimum absolute atomic E-state index is 0.000336. The molecule has 0 bridgehead atoms. The number of halogens is 2. The van der Waals surface area contributed by atoms with Crippen LogP contribution in [0.5, 0.6) is 0 Å². The first-order valence-corrected chi connectivity index (χ1v) is 13.0. The molecule has 6 rings (SSSR count). The van der Waals surface area contributed by atoms with Gasteiger partial charge >= 0.3 is 0 Å². The summed E-state index contributed by atoms with van der Waals surface area (Å²) < 4.78 is 33.8. The number of aliphatic imine (C=N–C) groups is 1. The molecule has 3 aliphatic rings. The summed E-state index contributed by atoms with van der Waals surface area (Å²) in [7, 11) is 1.77. The standard InChI is InChI=1S/C30H29F2N5O/c1-38-23-9-6-21(7-10-23)35-27-17-29-20(15-26(27)36-30-18-33-12-13-34-30)14-19-4-2-3-5-28(19)37(29)22-8-11-24(31)25(32)16-22/h2-5,8,11-13,15-18,20-21,23H,6-7,9-10,14H2,1H3,(H,34,36). The van der Waals surface area contributed by atoms with Crippen molar-refractivity contribution in [2.45, 2.75) is 44.2 Å². The second-order valence-corrected chi connectivity index (χ2v) is 9.92. The highest BCUT2D eigenvalue weighted by molar-refractivity contribution is 6.12. The Bertz CT molecular complexity index is 1410. The maximum absolute atomic E-state index is 14.4. The van der Waals surface area contributed by atoms with Gasteiger partial charge in [-0.15, -0.1) is 0 Å². The molecule has 1 unspecified atom stereocenters. The van der Waals surface area contributed by atoms with E-state index in [-0.39, 0.29) is 18.1 Å². The lowest BCUT2D eigenvalue weighted by Gasteiger charge is -2.40. The molecule has 1 saturated carbocycles. The predicted octanol–water partition coefficient (Wildman–Crippen LogP) is 6.36. The number of methoxy groups -OCH3 is 1. The molecule has 1 N–H and O–H groups in total. The molecular formula is C30H29F2N5O. The van der Waals surface area contributed by atoms with Gasteiger partial charge in [-0.25, -0.2) is 13.8 Å². The van der Waals surface area contributed by atoms with E-state index in [4.69, 9.17) is 9.73 Å². The number of fused-ring (bicyclic) bond motifs is 2. The Morgan fingerprint density at radius 3 is 2.63 bits per heavy atom. The fourth-order valence-corrected chi connectivity index (χ4v) is 5.60. The van der Waals surface area contributed by atoms with Gasteiger partial charge in [0.05, 0.1) is 29.8 Å². The van der Waals surface area contributed by atoms with Gasteiger partial charge in [-0.05, 0) is 68.0 Å². The molecule has 1 fully saturated rings. The zero-order valence-corrected chi connectivity index (χ0v) is 21.1. The number of nitrogens with one attached hydrogen (secondary N) is 1. The van der Waals surface area contributed by atoms with Crippen molar-refractivity contribution in [2.24, 2.45) is 10.9 Å². The highest BCUT2D eigenvalue weighted by atomic mass is 19.2. The fraction of sp³-hybridized carbons (Fsp3) is 0.300. The summed E-state index contributed by atoms with van der Waals surface area (Å²) in [4.78, 5) is 15.8. The third-order valence-electron chi connectivity index (χ3n) is 7.52. The molecule has 8 heteroatoms. The van der Waals surface area contributed by atoms with Crippen molar-refractivity contribution >= 4 is 22.9 Å². The molecule has 1 aromatic heterocycles. The van der Waals surface area contributed by atoms with Crippen LogP contribution in [0.4, 0.5) is 26.0 Å². The highest BCUT2D eigenvalue weighted by Crippen LogP contribution is 2.44. The largest absolute Gasteiger partial charge is 0.381 e. The van der Waals surface area contributed by atoms with Gasteiger partial charge in [-0.3, -0.25) is 9.98 Å². The number of ether oxygens (including phenoxy) is 1. The Morgan fingerprint density at radius 2 is 1.87 bits per heavy atom.